The quantitative estimate of drug-likeness (QED) is 0.822. The molecule has 0 bridgehead atoms. The molecule has 0 aromatic carbocycles. The molecule has 1 fully saturated rings. The molecule has 1 N–H and O–H groups in total. The Bertz CT molecular complexity index is 312. The van der Waals surface area contributed by atoms with Crippen molar-refractivity contribution in [2.45, 2.75) is 26.4 Å². The van der Waals surface area contributed by atoms with Crippen LogP contribution in [0.25, 0.3) is 0 Å². The van der Waals surface area contributed by atoms with Crippen LogP contribution in [0.15, 0.2) is 18.3 Å². The Balaban J connectivity index is 2.01. The zero-order valence-corrected chi connectivity index (χ0v) is 10.1. The van der Waals surface area contributed by atoms with Crippen molar-refractivity contribution in [3.63, 3.8) is 0 Å². The topological polar surface area (TPSA) is 41.0 Å². The molecule has 1 aromatic heterocycles. The van der Waals surface area contributed by atoms with E-state index in [4.69, 9.17) is 0 Å². The molecule has 0 saturated carbocycles. The Labute approximate surface area is 97.1 Å². The van der Waals surface area contributed by atoms with E-state index in [1.807, 2.05) is 12.1 Å². The molecule has 1 aliphatic heterocycles. The summed E-state index contributed by atoms with van der Waals surface area (Å²) >= 11 is 0. The Morgan fingerprint density at radius 1 is 1.56 bits per heavy atom. The van der Waals surface area contributed by atoms with E-state index in [9.17, 15) is 0 Å². The maximum absolute atomic E-state index is 4.15. The van der Waals surface area contributed by atoms with Gasteiger partial charge >= 0.3 is 0 Å². The number of hydrogen-bond acceptors (Lipinski definition) is 4. The van der Waals surface area contributed by atoms with Crippen molar-refractivity contribution in [1.29, 1.82) is 0 Å². The molecular formula is C12H20N4. The van der Waals surface area contributed by atoms with Gasteiger partial charge in [-0.15, -0.1) is 0 Å². The first kappa shape index (κ1) is 11.5. The predicted octanol–water partition coefficient (Wildman–Crippen LogP) is 0.906. The van der Waals surface area contributed by atoms with Crippen LogP contribution in [0.2, 0.25) is 0 Å². The first-order chi connectivity index (χ1) is 7.77. The molecule has 0 radical (unpaired) electrons. The van der Waals surface area contributed by atoms with Gasteiger partial charge in [0.05, 0.1) is 5.69 Å². The number of rotatable bonds is 3. The highest BCUT2D eigenvalue weighted by molar-refractivity contribution is 5.00. The van der Waals surface area contributed by atoms with Crippen LogP contribution in [0.4, 0.5) is 0 Å². The molecule has 2 heterocycles. The van der Waals surface area contributed by atoms with Crippen molar-refractivity contribution in [3.05, 3.63) is 24.0 Å². The molecule has 1 aromatic rings. The summed E-state index contributed by atoms with van der Waals surface area (Å²) in [6, 6.07) is 4.61. The monoisotopic (exact) mass is 220 g/mol. The second kappa shape index (κ2) is 5.37. The van der Waals surface area contributed by atoms with Crippen molar-refractivity contribution < 1.29 is 0 Å². The first-order valence-electron chi connectivity index (χ1n) is 5.98. The van der Waals surface area contributed by atoms with E-state index in [-0.39, 0.29) is 0 Å². The van der Waals surface area contributed by atoms with E-state index in [2.05, 4.69) is 34.3 Å². The van der Waals surface area contributed by atoms with Crippen LogP contribution >= 0.6 is 0 Å². The van der Waals surface area contributed by atoms with Crippen molar-refractivity contribution in [2.75, 3.05) is 19.6 Å². The SMILES string of the molecule is CC(C)C1CNCCN1Cc1cccnn1. The summed E-state index contributed by atoms with van der Waals surface area (Å²) in [5.41, 5.74) is 1.06. The van der Waals surface area contributed by atoms with E-state index in [0.29, 0.717) is 12.0 Å². The van der Waals surface area contributed by atoms with Gasteiger partial charge in [0.2, 0.25) is 0 Å². The lowest BCUT2D eigenvalue weighted by Crippen LogP contribution is -2.53. The van der Waals surface area contributed by atoms with Crippen molar-refractivity contribution >= 4 is 0 Å². The standard InChI is InChI=1S/C12H20N4/c1-10(2)12-8-13-6-7-16(12)9-11-4-3-5-14-15-11/h3-5,10,12-13H,6-9H2,1-2H3. The molecule has 4 nitrogen and oxygen atoms in total. The van der Waals surface area contributed by atoms with Crippen LogP contribution in [0.5, 0.6) is 0 Å². The van der Waals surface area contributed by atoms with Gasteiger partial charge in [0, 0.05) is 38.4 Å². The number of nitrogens with one attached hydrogen (secondary N) is 1. The molecule has 1 atom stereocenters. The molecule has 1 unspecified atom stereocenters. The summed E-state index contributed by atoms with van der Waals surface area (Å²) in [6.45, 7) is 8.72. The zero-order chi connectivity index (χ0) is 11.4. The van der Waals surface area contributed by atoms with Crippen molar-refractivity contribution in [2.24, 2.45) is 5.92 Å². The largest absolute Gasteiger partial charge is 0.314 e. The van der Waals surface area contributed by atoms with Gasteiger partial charge in [0.25, 0.3) is 0 Å². The smallest absolute Gasteiger partial charge is 0.0771 e. The second-order valence-corrected chi connectivity index (χ2v) is 4.70. The van der Waals surface area contributed by atoms with Gasteiger partial charge < -0.3 is 5.32 Å². The minimum absolute atomic E-state index is 0.607. The minimum atomic E-state index is 0.607. The van der Waals surface area contributed by atoms with Gasteiger partial charge in [0.15, 0.2) is 0 Å². The van der Waals surface area contributed by atoms with E-state index < -0.39 is 0 Å². The number of nitrogens with zero attached hydrogens (tertiary/aromatic N) is 3. The Hall–Kier alpha value is -1.00. The Morgan fingerprint density at radius 2 is 2.44 bits per heavy atom. The fourth-order valence-electron chi connectivity index (χ4n) is 2.25. The lowest BCUT2D eigenvalue weighted by atomic mass is 10.0. The number of aromatic nitrogens is 2. The average molecular weight is 220 g/mol. The third kappa shape index (κ3) is 2.77. The summed E-state index contributed by atoms with van der Waals surface area (Å²) < 4.78 is 0. The van der Waals surface area contributed by atoms with Crippen LogP contribution in [0.3, 0.4) is 0 Å². The Kier molecular flexibility index (Phi) is 3.85. The fourth-order valence-corrected chi connectivity index (χ4v) is 2.25. The van der Waals surface area contributed by atoms with Crippen LogP contribution in [-0.4, -0.2) is 40.8 Å². The molecule has 0 spiro atoms. The third-order valence-electron chi connectivity index (χ3n) is 3.16. The van der Waals surface area contributed by atoms with Gasteiger partial charge in [-0.3, -0.25) is 4.90 Å². The van der Waals surface area contributed by atoms with Gasteiger partial charge in [0.1, 0.15) is 0 Å². The highest BCUT2D eigenvalue weighted by Crippen LogP contribution is 2.15. The molecule has 0 amide bonds. The second-order valence-electron chi connectivity index (χ2n) is 4.70. The molecule has 4 heteroatoms. The minimum Gasteiger partial charge on any atom is -0.314 e. The molecule has 1 aliphatic rings. The van der Waals surface area contributed by atoms with E-state index in [1.54, 1.807) is 6.20 Å². The normalized spacial score (nSPS) is 22.6. The van der Waals surface area contributed by atoms with E-state index in [1.165, 1.54) is 0 Å². The van der Waals surface area contributed by atoms with Crippen molar-refractivity contribution in [1.82, 2.24) is 20.4 Å². The molecular weight excluding hydrogens is 200 g/mol. The maximum Gasteiger partial charge on any atom is 0.0771 e. The van der Waals surface area contributed by atoms with Gasteiger partial charge in [-0.05, 0) is 18.1 Å². The van der Waals surface area contributed by atoms with Crippen LogP contribution < -0.4 is 5.32 Å². The zero-order valence-electron chi connectivity index (χ0n) is 10.1. The Morgan fingerprint density at radius 3 is 3.12 bits per heavy atom. The number of piperazine rings is 1. The van der Waals surface area contributed by atoms with Crippen LogP contribution in [0, 0.1) is 5.92 Å². The molecule has 88 valence electrons. The van der Waals surface area contributed by atoms with E-state index in [0.717, 1.165) is 31.9 Å². The molecule has 16 heavy (non-hydrogen) atoms. The molecule has 1 saturated heterocycles. The highest BCUT2D eigenvalue weighted by atomic mass is 15.2. The van der Waals surface area contributed by atoms with Crippen molar-refractivity contribution in [3.8, 4) is 0 Å². The van der Waals surface area contributed by atoms with Gasteiger partial charge in [-0.2, -0.15) is 10.2 Å². The summed E-state index contributed by atoms with van der Waals surface area (Å²) in [4.78, 5) is 2.51. The lowest BCUT2D eigenvalue weighted by Gasteiger charge is -2.38. The predicted molar refractivity (Wildman–Crippen MR) is 63.9 cm³/mol. The van der Waals surface area contributed by atoms with Gasteiger partial charge in [-0.1, -0.05) is 13.8 Å². The van der Waals surface area contributed by atoms with Gasteiger partial charge in [-0.25, -0.2) is 0 Å². The maximum atomic E-state index is 4.15. The highest BCUT2D eigenvalue weighted by Gasteiger charge is 2.24. The summed E-state index contributed by atoms with van der Waals surface area (Å²) in [7, 11) is 0. The van der Waals surface area contributed by atoms with Crippen LogP contribution in [0.1, 0.15) is 19.5 Å². The lowest BCUT2D eigenvalue weighted by molar-refractivity contribution is 0.115. The van der Waals surface area contributed by atoms with Crippen LogP contribution in [-0.2, 0) is 6.54 Å². The summed E-state index contributed by atoms with van der Waals surface area (Å²) in [5, 5.41) is 11.5. The summed E-state index contributed by atoms with van der Waals surface area (Å²) in [5.74, 6) is 0.671. The summed E-state index contributed by atoms with van der Waals surface area (Å²) in [6.07, 6.45) is 1.72. The molecule has 0 aliphatic carbocycles. The third-order valence-corrected chi connectivity index (χ3v) is 3.16. The average Bonchev–Trinajstić information content (AvgIpc) is 2.31. The molecule has 2 rings (SSSR count). The fraction of sp³-hybridized carbons (Fsp3) is 0.667. The van der Waals surface area contributed by atoms with E-state index >= 15 is 0 Å². The first-order valence-corrected chi connectivity index (χ1v) is 5.98. The number of hydrogen-bond donors (Lipinski definition) is 1.